The molecule has 30 heavy (non-hydrogen) atoms. The number of aliphatic carboxylic acids is 2. The molecule has 1 fully saturated rings. The summed E-state index contributed by atoms with van der Waals surface area (Å²) >= 11 is 0. The predicted octanol–water partition coefficient (Wildman–Crippen LogP) is -0.202. The highest BCUT2D eigenvalue weighted by molar-refractivity contribution is 6.27. The number of hydrogen-bond donors (Lipinski definition) is 4. The van der Waals surface area contributed by atoms with E-state index in [-0.39, 0.29) is 12.5 Å². The smallest absolute Gasteiger partial charge is 0.414 e. The van der Waals surface area contributed by atoms with Crippen molar-refractivity contribution in [2.24, 2.45) is 0 Å². The third kappa shape index (κ3) is 9.07. The number of carboxylic acid groups (broad SMARTS) is 2. The number of aliphatic hydroxyl groups is 1. The molecule has 0 bridgehead atoms. The van der Waals surface area contributed by atoms with Gasteiger partial charge in [-0.05, 0) is 12.1 Å². The number of amides is 1. The number of aliphatic hydroxyl groups excluding tert-OH is 1. The van der Waals surface area contributed by atoms with Gasteiger partial charge in [0.15, 0.2) is 0 Å². The largest absolute Gasteiger partial charge is 0.497 e. The molecule has 0 unspecified atom stereocenters. The van der Waals surface area contributed by atoms with Crippen molar-refractivity contribution in [3.8, 4) is 11.5 Å². The minimum atomic E-state index is -1.82. The summed E-state index contributed by atoms with van der Waals surface area (Å²) in [6.07, 6.45) is 0.440. The van der Waals surface area contributed by atoms with Crippen LogP contribution < -0.4 is 14.8 Å². The van der Waals surface area contributed by atoms with Gasteiger partial charge in [0.1, 0.15) is 11.5 Å². The first-order chi connectivity index (χ1) is 14.3. The molecule has 1 aliphatic rings. The highest BCUT2D eigenvalue weighted by Gasteiger charge is 2.17. The van der Waals surface area contributed by atoms with Gasteiger partial charge in [-0.15, -0.1) is 0 Å². The number of rotatable bonds is 8. The second kappa shape index (κ2) is 13.4. The van der Waals surface area contributed by atoms with Gasteiger partial charge >= 0.3 is 11.9 Å². The molecule has 11 nitrogen and oxygen atoms in total. The van der Waals surface area contributed by atoms with Crippen LogP contribution in [0, 0.1) is 0 Å². The summed E-state index contributed by atoms with van der Waals surface area (Å²) in [4.78, 5) is 34.9. The van der Waals surface area contributed by atoms with Crippen LogP contribution >= 0.6 is 0 Å². The Labute approximate surface area is 174 Å². The van der Waals surface area contributed by atoms with Gasteiger partial charge in [-0.25, -0.2) is 9.59 Å². The molecule has 1 aromatic carbocycles. The maximum absolute atomic E-state index is 12.2. The van der Waals surface area contributed by atoms with Crippen LogP contribution in [-0.2, 0) is 14.4 Å². The third-order valence-electron chi connectivity index (χ3n) is 4.40. The first-order valence-corrected chi connectivity index (χ1v) is 9.34. The summed E-state index contributed by atoms with van der Waals surface area (Å²) in [5, 5.41) is 26.6. The number of methoxy groups -OCH3 is 2. The predicted molar refractivity (Wildman–Crippen MR) is 108 cm³/mol. The highest BCUT2D eigenvalue weighted by atomic mass is 16.5. The van der Waals surface area contributed by atoms with Crippen LogP contribution in [0.5, 0.6) is 11.5 Å². The van der Waals surface area contributed by atoms with Crippen LogP contribution in [0.2, 0.25) is 0 Å². The van der Waals surface area contributed by atoms with E-state index in [1.807, 2.05) is 0 Å². The van der Waals surface area contributed by atoms with Crippen molar-refractivity contribution in [1.29, 1.82) is 0 Å². The molecule has 1 aromatic rings. The molecule has 0 saturated carbocycles. The van der Waals surface area contributed by atoms with E-state index in [2.05, 4.69) is 15.1 Å². The van der Waals surface area contributed by atoms with Crippen LogP contribution in [0.15, 0.2) is 18.2 Å². The molecule has 0 spiro atoms. The molecule has 168 valence electrons. The van der Waals surface area contributed by atoms with Crippen molar-refractivity contribution in [3.05, 3.63) is 18.2 Å². The quantitative estimate of drug-likeness (QED) is 0.411. The standard InChI is InChI=1S/C17H27N3O4.C2H2O4/c1-23-14-3-4-15(16(13-14)24-2)18-17(22)5-6-19-7-9-20(10-8-19)11-12-21;3-1(4)2(5)6/h3-4,13,21H,5-12H2,1-2H3,(H,18,22);(H,3,4)(H,5,6). The molecule has 1 saturated heterocycles. The Bertz CT molecular complexity index is 693. The lowest BCUT2D eigenvalue weighted by molar-refractivity contribution is -0.159. The van der Waals surface area contributed by atoms with Crippen LogP contribution in [0.3, 0.4) is 0 Å². The van der Waals surface area contributed by atoms with E-state index < -0.39 is 11.9 Å². The van der Waals surface area contributed by atoms with E-state index in [1.54, 1.807) is 32.4 Å². The van der Waals surface area contributed by atoms with Gasteiger partial charge in [0.2, 0.25) is 5.91 Å². The monoisotopic (exact) mass is 427 g/mol. The number of nitrogens with one attached hydrogen (secondary N) is 1. The number of nitrogens with zero attached hydrogens (tertiary/aromatic N) is 2. The average molecular weight is 427 g/mol. The van der Waals surface area contributed by atoms with Gasteiger partial charge in [-0.3, -0.25) is 9.69 Å². The van der Waals surface area contributed by atoms with E-state index in [4.69, 9.17) is 34.4 Å². The zero-order valence-electron chi connectivity index (χ0n) is 17.2. The van der Waals surface area contributed by atoms with Gasteiger partial charge in [-0.1, -0.05) is 0 Å². The summed E-state index contributed by atoms with van der Waals surface area (Å²) in [5.74, 6) is -2.41. The molecule has 0 aromatic heterocycles. The molecule has 0 aliphatic carbocycles. The summed E-state index contributed by atoms with van der Waals surface area (Å²) in [6, 6.07) is 5.32. The Morgan fingerprint density at radius 2 is 1.53 bits per heavy atom. The number of carbonyl (C=O) groups is 3. The maximum Gasteiger partial charge on any atom is 0.414 e. The lowest BCUT2D eigenvalue weighted by Gasteiger charge is -2.34. The minimum Gasteiger partial charge on any atom is -0.497 e. The Morgan fingerprint density at radius 3 is 2.00 bits per heavy atom. The first kappa shape index (κ1) is 25.1. The summed E-state index contributed by atoms with van der Waals surface area (Å²) in [5.41, 5.74) is 0.649. The zero-order chi connectivity index (χ0) is 22.5. The van der Waals surface area contributed by atoms with Gasteiger partial charge in [0.25, 0.3) is 0 Å². The zero-order valence-corrected chi connectivity index (χ0v) is 17.2. The van der Waals surface area contributed by atoms with Gasteiger partial charge < -0.3 is 35.0 Å². The number of carboxylic acids is 2. The van der Waals surface area contributed by atoms with Crippen LogP contribution in [0.1, 0.15) is 6.42 Å². The van der Waals surface area contributed by atoms with Crippen molar-refractivity contribution in [3.63, 3.8) is 0 Å². The van der Waals surface area contributed by atoms with Crippen LogP contribution in [0.4, 0.5) is 5.69 Å². The van der Waals surface area contributed by atoms with E-state index >= 15 is 0 Å². The van der Waals surface area contributed by atoms with Gasteiger partial charge in [0.05, 0.1) is 26.5 Å². The Kier molecular flexibility index (Phi) is 11.2. The molecule has 1 heterocycles. The molecular formula is C19H29N3O8. The average Bonchev–Trinajstić information content (AvgIpc) is 2.74. The lowest BCUT2D eigenvalue weighted by atomic mass is 10.2. The topological polar surface area (TPSA) is 149 Å². The molecular weight excluding hydrogens is 398 g/mol. The fourth-order valence-corrected chi connectivity index (χ4v) is 2.75. The minimum absolute atomic E-state index is 0.0312. The Hall–Kier alpha value is -2.89. The van der Waals surface area contributed by atoms with Crippen molar-refractivity contribution in [2.75, 3.05) is 65.4 Å². The number of hydrogen-bond acceptors (Lipinski definition) is 8. The molecule has 0 atom stereocenters. The molecule has 1 amide bonds. The first-order valence-electron chi connectivity index (χ1n) is 9.34. The van der Waals surface area contributed by atoms with E-state index in [9.17, 15) is 4.79 Å². The highest BCUT2D eigenvalue weighted by Crippen LogP contribution is 2.29. The summed E-state index contributed by atoms with van der Waals surface area (Å²) in [6.45, 7) is 5.40. The fourth-order valence-electron chi connectivity index (χ4n) is 2.75. The molecule has 2 rings (SSSR count). The number of piperazine rings is 1. The van der Waals surface area contributed by atoms with E-state index in [1.165, 1.54) is 0 Å². The molecule has 11 heteroatoms. The van der Waals surface area contributed by atoms with Gasteiger partial charge in [0, 0.05) is 51.8 Å². The number of β-amino-alcohol motifs (C(OH)–C–C–N with tert-alkyl or cyclic N) is 1. The van der Waals surface area contributed by atoms with E-state index in [0.29, 0.717) is 23.6 Å². The van der Waals surface area contributed by atoms with Crippen molar-refractivity contribution < 1.29 is 39.2 Å². The Morgan fingerprint density at radius 1 is 0.967 bits per heavy atom. The van der Waals surface area contributed by atoms with Crippen molar-refractivity contribution >= 4 is 23.5 Å². The third-order valence-corrected chi connectivity index (χ3v) is 4.40. The maximum atomic E-state index is 12.2. The van der Waals surface area contributed by atoms with Crippen LogP contribution in [-0.4, -0.2) is 103 Å². The number of anilines is 1. The van der Waals surface area contributed by atoms with Crippen LogP contribution in [0.25, 0.3) is 0 Å². The van der Waals surface area contributed by atoms with Gasteiger partial charge in [-0.2, -0.15) is 0 Å². The molecule has 4 N–H and O–H groups in total. The SMILES string of the molecule is COc1ccc(NC(=O)CCN2CCN(CCO)CC2)c(OC)c1.O=C(O)C(=O)O. The Balaban J connectivity index is 0.000000656. The van der Waals surface area contributed by atoms with E-state index in [0.717, 1.165) is 39.3 Å². The molecule has 1 aliphatic heterocycles. The van der Waals surface area contributed by atoms with Crippen molar-refractivity contribution in [2.45, 2.75) is 6.42 Å². The summed E-state index contributed by atoms with van der Waals surface area (Å²) in [7, 11) is 3.16. The fraction of sp³-hybridized carbons (Fsp3) is 0.526. The number of carbonyl (C=O) groups excluding carboxylic acids is 1. The number of benzene rings is 1. The molecule has 0 radical (unpaired) electrons. The normalized spacial score (nSPS) is 14.2. The summed E-state index contributed by atoms with van der Waals surface area (Å²) < 4.78 is 10.4. The lowest BCUT2D eigenvalue weighted by Crippen LogP contribution is -2.47. The second-order valence-corrected chi connectivity index (χ2v) is 6.38. The second-order valence-electron chi connectivity index (χ2n) is 6.38. The van der Waals surface area contributed by atoms with Crippen molar-refractivity contribution in [1.82, 2.24) is 9.80 Å². The number of ether oxygens (including phenoxy) is 2.